The lowest BCUT2D eigenvalue weighted by Gasteiger charge is -2.17. The number of rotatable bonds is 10. The molecule has 3 heterocycles. The zero-order chi connectivity index (χ0) is 33.7. The van der Waals surface area contributed by atoms with E-state index in [0.29, 0.717) is 33.2 Å². The van der Waals surface area contributed by atoms with Crippen molar-refractivity contribution in [2.75, 3.05) is 18.7 Å². The summed E-state index contributed by atoms with van der Waals surface area (Å²) >= 11 is 6.20. The van der Waals surface area contributed by atoms with E-state index in [-0.39, 0.29) is 22.7 Å². The summed E-state index contributed by atoms with van der Waals surface area (Å²) in [5, 5.41) is 28.0. The predicted octanol–water partition coefficient (Wildman–Crippen LogP) is 2.49. The molecular formula is C29H27ClN10O6S. The highest BCUT2D eigenvalue weighted by atomic mass is 35.5. The minimum Gasteiger partial charge on any atom is -0.453 e. The Morgan fingerprint density at radius 3 is 2.55 bits per heavy atom. The lowest BCUT2D eigenvalue weighted by molar-refractivity contribution is -0.117. The summed E-state index contributed by atoms with van der Waals surface area (Å²) in [6.45, 7) is 0. The third-order valence-corrected chi connectivity index (χ3v) is 8.18. The fourth-order valence-electron chi connectivity index (χ4n) is 4.63. The van der Waals surface area contributed by atoms with Crippen molar-refractivity contribution < 1.29 is 22.7 Å². The van der Waals surface area contributed by atoms with E-state index in [2.05, 4.69) is 46.2 Å². The van der Waals surface area contributed by atoms with Gasteiger partial charge in [-0.25, -0.2) is 18.3 Å². The molecule has 0 bridgehead atoms. The molecule has 0 aliphatic carbocycles. The van der Waals surface area contributed by atoms with E-state index < -0.39 is 33.4 Å². The Hall–Kier alpha value is -5.68. The Kier molecular flexibility index (Phi) is 9.57. The second-order valence-electron chi connectivity index (χ2n) is 10.2. The van der Waals surface area contributed by atoms with Crippen molar-refractivity contribution in [2.45, 2.75) is 17.5 Å². The van der Waals surface area contributed by atoms with E-state index in [0.717, 1.165) is 6.26 Å². The summed E-state index contributed by atoms with van der Waals surface area (Å²) < 4.78 is 31.8. The summed E-state index contributed by atoms with van der Waals surface area (Å²) in [5.41, 5.74) is 2.42. The zero-order valence-electron chi connectivity index (χ0n) is 25.1. The lowest BCUT2D eigenvalue weighted by atomic mass is 10.0. The molecule has 16 nitrogen and oxygen atoms in total. The number of aryl methyl sites for hydroxylation is 1. The van der Waals surface area contributed by atoms with Crippen LogP contribution in [0.2, 0.25) is 5.02 Å². The van der Waals surface area contributed by atoms with Crippen molar-refractivity contribution in [3.63, 3.8) is 0 Å². The second-order valence-corrected chi connectivity index (χ2v) is 12.6. The van der Waals surface area contributed by atoms with Crippen LogP contribution in [0, 0.1) is 0 Å². The molecule has 0 saturated heterocycles. The van der Waals surface area contributed by atoms with Crippen molar-refractivity contribution >= 4 is 45.2 Å². The van der Waals surface area contributed by atoms with Crippen LogP contribution in [0.5, 0.6) is 0 Å². The van der Waals surface area contributed by atoms with Gasteiger partial charge in [-0.15, -0.1) is 5.10 Å². The molecular weight excluding hydrogens is 652 g/mol. The number of tetrazole rings is 1. The van der Waals surface area contributed by atoms with Crippen LogP contribution in [0.15, 0.2) is 76.8 Å². The van der Waals surface area contributed by atoms with Gasteiger partial charge in [0, 0.05) is 42.1 Å². The number of nitrogens with one attached hydrogen (secondary N) is 3. The smallest absolute Gasteiger partial charge is 0.411 e. The van der Waals surface area contributed by atoms with Gasteiger partial charge in [-0.2, -0.15) is 14.9 Å². The standard InChI is InChI=1S/C29H27ClN10O6S/c1-39-27(47(3,44)45)14-21(36-39)13-23(33-26(41)11-6-18-12-19(30)7-10-25(18)40-16-31-37-38-40)24-15-22(28(42)35-34-24)17-4-8-20(9-5-17)32-29(43)46-2/h4-12,14-16,23H,13H2,1-3H3,(H,32,43)(H,33,41)(H,35,42)/t23-/m0/s1. The SMILES string of the molecule is COC(=O)Nc1ccc(-c2cc([C@H](Cc3cc(S(C)(=O)=O)n(C)n3)NC(=O)C=Cc3cc(Cl)ccc3-n3cnnn3)n[nH]c2=O)cc1. The quantitative estimate of drug-likeness (QED) is 0.183. The van der Waals surface area contributed by atoms with Crippen molar-refractivity contribution in [1.82, 2.24) is 45.5 Å². The van der Waals surface area contributed by atoms with Gasteiger partial charge in [0.05, 0.1) is 35.8 Å². The number of carbonyl (C=O) groups excluding carboxylic acids is 2. The molecule has 5 aromatic rings. The van der Waals surface area contributed by atoms with Crippen LogP contribution in [0.25, 0.3) is 22.9 Å². The number of H-pyrrole nitrogens is 1. The molecule has 1 atom stereocenters. The van der Waals surface area contributed by atoms with Crippen molar-refractivity contribution in [3.05, 3.63) is 99.3 Å². The number of carbonyl (C=O) groups is 2. The van der Waals surface area contributed by atoms with E-state index in [4.69, 9.17) is 11.6 Å². The molecule has 47 heavy (non-hydrogen) atoms. The van der Waals surface area contributed by atoms with Crippen molar-refractivity contribution in [2.24, 2.45) is 7.05 Å². The maximum Gasteiger partial charge on any atom is 0.411 e. The highest BCUT2D eigenvalue weighted by Gasteiger charge is 2.22. The third-order valence-electron chi connectivity index (χ3n) is 6.80. The second kappa shape index (κ2) is 13.8. The van der Waals surface area contributed by atoms with Gasteiger partial charge in [-0.05, 0) is 64.5 Å². The third kappa shape index (κ3) is 7.95. The van der Waals surface area contributed by atoms with E-state index >= 15 is 0 Å². The number of amides is 2. The molecule has 0 spiro atoms. The molecule has 0 radical (unpaired) electrons. The molecule has 3 aromatic heterocycles. The first-order valence-corrected chi connectivity index (χ1v) is 16.0. The topological polar surface area (TPSA) is 209 Å². The maximum absolute atomic E-state index is 13.3. The molecule has 242 valence electrons. The monoisotopic (exact) mass is 678 g/mol. The first kappa shape index (κ1) is 32.7. The minimum absolute atomic E-state index is 0.00988. The molecule has 0 aliphatic rings. The van der Waals surface area contributed by atoms with Gasteiger partial charge in [0.1, 0.15) is 6.33 Å². The summed E-state index contributed by atoms with van der Waals surface area (Å²) in [5.74, 6) is -0.537. The van der Waals surface area contributed by atoms with Crippen LogP contribution < -0.4 is 16.2 Å². The van der Waals surface area contributed by atoms with Crippen LogP contribution in [0.3, 0.4) is 0 Å². The van der Waals surface area contributed by atoms with Gasteiger partial charge in [0.25, 0.3) is 5.56 Å². The van der Waals surface area contributed by atoms with Gasteiger partial charge in [0.2, 0.25) is 5.91 Å². The van der Waals surface area contributed by atoms with Crippen LogP contribution in [0.1, 0.15) is 23.0 Å². The molecule has 2 aromatic carbocycles. The number of anilines is 1. The minimum atomic E-state index is -3.59. The summed E-state index contributed by atoms with van der Waals surface area (Å²) in [4.78, 5) is 37.7. The van der Waals surface area contributed by atoms with Crippen molar-refractivity contribution in [3.8, 4) is 16.8 Å². The number of nitrogens with zero attached hydrogens (tertiary/aromatic N) is 7. The molecule has 0 fully saturated rings. The van der Waals surface area contributed by atoms with Crippen LogP contribution in [-0.4, -0.2) is 74.0 Å². The van der Waals surface area contributed by atoms with Gasteiger partial charge < -0.3 is 10.1 Å². The Balaban J connectivity index is 1.48. The number of aromatic nitrogens is 8. The number of hydrogen-bond acceptors (Lipinski definition) is 11. The fourth-order valence-corrected chi connectivity index (χ4v) is 5.68. The van der Waals surface area contributed by atoms with E-state index in [1.54, 1.807) is 42.5 Å². The van der Waals surface area contributed by atoms with Gasteiger partial charge in [-0.3, -0.25) is 19.6 Å². The molecule has 0 aliphatic heterocycles. The highest BCUT2D eigenvalue weighted by molar-refractivity contribution is 7.90. The lowest BCUT2D eigenvalue weighted by Crippen LogP contribution is -2.30. The summed E-state index contributed by atoms with van der Waals surface area (Å²) in [7, 11) is -0.846. The number of methoxy groups -OCH3 is 1. The maximum atomic E-state index is 13.3. The van der Waals surface area contributed by atoms with E-state index in [1.165, 1.54) is 54.1 Å². The molecule has 5 rings (SSSR count). The average Bonchev–Trinajstić information content (AvgIpc) is 3.70. The number of halogens is 1. The Morgan fingerprint density at radius 2 is 1.89 bits per heavy atom. The summed E-state index contributed by atoms with van der Waals surface area (Å²) in [6.07, 6.45) is 4.66. The molecule has 0 unspecified atom stereocenters. The fraction of sp³-hybridized carbons (Fsp3) is 0.172. The number of benzene rings is 2. The van der Waals surface area contributed by atoms with E-state index in [1.807, 2.05) is 0 Å². The molecule has 2 amide bonds. The van der Waals surface area contributed by atoms with Crippen LogP contribution >= 0.6 is 11.6 Å². The predicted molar refractivity (Wildman–Crippen MR) is 170 cm³/mol. The number of hydrogen-bond donors (Lipinski definition) is 3. The molecule has 18 heteroatoms. The van der Waals surface area contributed by atoms with Crippen LogP contribution in [0.4, 0.5) is 10.5 Å². The number of ether oxygens (including phenoxy) is 1. The van der Waals surface area contributed by atoms with Crippen molar-refractivity contribution in [1.29, 1.82) is 0 Å². The Labute approximate surface area is 272 Å². The largest absolute Gasteiger partial charge is 0.453 e. The molecule has 0 saturated carbocycles. The van der Waals surface area contributed by atoms with Gasteiger partial charge in [0.15, 0.2) is 14.9 Å². The highest BCUT2D eigenvalue weighted by Crippen LogP contribution is 2.24. The molecule has 3 N–H and O–H groups in total. The number of sulfone groups is 1. The zero-order valence-corrected chi connectivity index (χ0v) is 26.7. The van der Waals surface area contributed by atoms with Gasteiger partial charge >= 0.3 is 6.09 Å². The first-order chi connectivity index (χ1) is 22.4. The average molecular weight is 679 g/mol. The first-order valence-electron chi connectivity index (χ1n) is 13.7. The summed E-state index contributed by atoms with van der Waals surface area (Å²) in [6, 6.07) is 13.5. The number of aromatic amines is 1. The van der Waals surface area contributed by atoms with Crippen LogP contribution in [-0.2, 0) is 32.8 Å². The normalized spacial score (nSPS) is 12.2. The van der Waals surface area contributed by atoms with E-state index in [9.17, 15) is 22.8 Å². The van der Waals surface area contributed by atoms with Gasteiger partial charge in [-0.1, -0.05) is 23.7 Å². The Morgan fingerprint density at radius 1 is 1.13 bits per heavy atom. The Bertz CT molecular complexity index is 2130.